The summed E-state index contributed by atoms with van der Waals surface area (Å²) in [7, 11) is 1.87. The molecule has 2 saturated heterocycles. The Morgan fingerprint density at radius 3 is 2.25 bits per heavy atom. The van der Waals surface area contributed by atoms with Crippen LogP contribution in [0.25, 0.3) is 0 Å². The van der Waals surface area contributed by atoms with Crippen molar-refractivity contribution in [1.82, 2.24) is 20.4 Å². The first kappa shape index (κ1) is 19.5. The molecule has 2 rings (SSSR count). The van der Waals surface area contributed by atoms with Crippen LogP contribution in [-0.4, -0.2) is 74.2 Å². The van der Waals surface area contributed by atoms with Crippen LogP contribution in [0.5, 0.6) is 0 Å². The predicted molar refractivity (Wildman–Crippen MR) is 104 cm³/mol. The number of nitrogens with one attached hydrogen (secondary N) is 2. The van der Waals surface area contributed by atoms with Gasteiger partial charge in [0.2, 0.25) is 0 Å². The fourth-order valence-electron chi connectivity index (χ4n) is 3.87. The molecule has 5 heteroatoms. The Morgan fingerprint density at radius 2 is 1.62 bits per heavy atom. The number of rotatable bonds is 7. The van der Waals surface area contributed by atoms with Crippen molar-refractivity contribution < 1.29 is 0 Å². The van der Waals surface area contributed by atoms with Crippen molar-refractivity contribution in [1.29, 1.82) is 0 Å². The Morgan fingerprint density at radius 1 is 1.00 bits per heavy atom. The van der Waals surface area contributed by atoms with Gasteiger partial charge in [-0.15, -0.1) is 0 Å². The average molecular weight is 338 g/mol. The van der Waals surface area contributed by atoms with Crippen molar-refractivity contribution in [2.75, 3.05) is 52.9 Å². The van der Waals surface area contributed by atoms with E-state index >= 15 is 0 Å². The van der Waals surface area contributed by atoms with Crippen LogP contribution >= 0.6 is 0 Å². The summed E-state index contributed by atoms with van der Waals surface area (Å²) in [6, 6.07) is 0. The smallest absolute Gasteiger partial charge is 0.191 e. The van der Waals surface area contributed by atoms with Gasteiger partial charge in [-0.05, 0) is 71.6 Å². The molecule has 2 heterocycles. The van der Waals surface area contributed by atoms with Gasteiger partial charge in [-0.1, -0.05) is 13.3 Å². The Labute approximate surface area is 149 Å². The van der Waals surface area contributed by atoms with Crippen LogP contribution in [0.2, 0.25) is 0 Å². The molecule has 5 nitrogen and oxygen atoms in total. The second-order valence-corrected chi connectivity index (χ2v) is 8.28. The monoisotopic (exact) mass is 337 g/mol. The normalized spacial score (nSPS) is 22.6. The predicted octanol–water partition coefficient (Wildman–Crippen LogP) is 2.15. The number of piperidine rings is 1. The lowest BCUT2D eigenvalue weighted by molar-refractivity contribution is 0.0982. The highest BCUT2D eigenvalue weighted by atomic mass is 15.2. The standard InChI is InChI=1S/C19H39N5/c1-17(15-23-10-8-9-11-23)14-21-18(20-4)22-16-19(2,3)24-12-6-5-7-13-24/h17H,5-16H2,1-4H3,(H2,20,21,22). The molecular formula is C19H39N5. The van der Waals surface area contributed by atoms with Gasteiger partial charge in [0.05, 0.1) is 0 Å². The van der Waals surface area contributed by atoms with Gasteiger partial charge in [-0.3, -0.25) is 9.89 Å². The van der Waals surface area contributed by atoms with Crippen LogP contribution in [0, 0.1) is 5.92 Å². The van der Waals surface area contributed by atoms with E-state index in [1.807, 2.05) is 7.05 Å². The maximum Gasteiger partial charge on any atom is 0.191 e. The van der Waals surface area contributed by atoms with E-state index in [-0.39, 0.29) is 5.54 Å². The molecule has 0 amide bonds. The fraction of sp³-hybridized carbons (Fsp3) is 0.947. The van der Waals surface area contributed by atoms with Crippen LogP contribution in [0.1, 0.15) is 52.9 Å². The highest BCUT2D eigenvalue weighted by Gasteiger charge is 2.27. The zero-order valence-corrected chi connectivity index (χ0v) is 16.4. The van der Waals surface area contributed by atoms with Gasteiger partial charge in [0, 0.05) is 32.2 Å². The van der Waals surface area contributed by atoms with Gasteiger partial charge in [0.1, 0.15) is 0 Å². The third-order valence-corrected chi connectivity index (χ3v) is 5.51. The third kappa shape index (κ3) is 6.25. The van der Waals surface area contributed by atoms with Gasteiger partial charge in [0.15, 0.2) is 5.96 Å². The molecule has 0 radical (unpaired) electrons. The summed E-state index contributed by atoms with van der Waals surface area (Å²) in [5, 5.41) is 7.05. The highest BCUT2D eigenvalue weighted by molar-refractivity contribution is 5.79. The molecule has 2 aliphatic heterocycles. The van der Waals surface area contributed by atoms with E-state index in [2.05, 4.69) is 46.2 Å². The molecule has 0 spiro atoms. The minimum atomic E-state index is 0.180. The summed E-state index contributed by atoms with van der Waals surface area (Å²) in [5.41, 5.74) is 0.180. The molecule has 24 heavy (non-hydrogen) atoms. The van der Waals surface area contributed by atoms with Gasteiger partial charge in [0.25, 0.3) is 0 Å². The van der Waals surface area contributed by atoms with E-state index in [1.54, 1.807) is 0 Å². The minimum Gasteiger partial charge on any atom is -0.356 e. The first-order valence-corrected chi connectivity index (χ1v) is 9.93. The molecule has 0 bridgehead atoms. The Hall–Kier alpha value is -0.810. The Balaban J connectivity index is 1.69. The molecule has 0 aliphatic carbocycles. The molecule has 1 atom stereocenters. The zero-order valence-electron chi connectivity index (χ0n) is 16.4. The van der Waals surface area contributed by atoms with E-state index in [4.69, 9.17) is 0 Å². The number of nitrogens with zero attached hydrogens (tertiary/aromatic N) is 3. The summed E-state index contributed by atoms with van der Waals surface area (Å²) in [5.74, 6) is 1.59. The molecular weight excluding hydrogens is 298 g/mol. The quantitative estimate of drug-likeness (QED) is 0.552. The lowest BCUT2D eigenvalue weighted by atomic mass is 9.98. The molecule has 2 aliphatic rings. The van der Waals surface area contributed by atoms with Crippen molar-refractivity contribution in [3.8, 4) is 0 Å². The molecule has 1 unspecified atom stereocenters. The largest absolute Gasteiger partial charge is 0.356 e. The van der Waals surface area contributed by atoms with Crippen molar-refractivity contribution >= 4 is 5.96 Å². The van der Waals surface area contributed by atoms with Crippen molar-refractivity contribution in [3.63, 3.8) is 0 Å². The molecule has 0 aromatic heterocycles. The maximum atomic E-state index is 4.40. The summed E-state index contributed by atoms with van der Waals surface area (Å²) in [4.78, 5) is 9.61. The molecule has 140 valence electrons. The molecule has 0 saturated carbocycles. The third-order valence-electron chi connectivity index (χ3n) is 5.51. The lowest BCUT2D eigenvalue weighted by Crippen LogP contribution is -2.55. The van der Waals surface area contributed by atoms with Gasteiger partial charge < -0.3 is 15.5 Å². The number of hydrogen-bond acceptors (Lipinski definition) is 3. The van der Waals surface area contributed by atoms with Crippen molar-refractivity contribution in [2.45, 2.75) is 58.4 Å². The first-order chi connectivity index (χ1) is 11.5. The Kier molecular flexibility index (Phi) is 7.82. The lowest BCUT2D eigenvalue weighted by Gasteiger charge is -2.41. The zero-order chi connectivity index (χ0) is 17.4. The Bertz CT molecular complexity index is 381. The van der Waals surface area contributed by atoms with Crippen LogP contribution in [0.3, 0.4) is 0 Å². The van der Waals surface area contributed by atoms with Crippen LogP contribution in [-0.2, 0) is 0 Å². The molecule has 2 N–H and O–H groups in total. The van der Waals surface area contributed by atoms with Crippen LogP contribution < -0.4 is 10.6 Å². The highest BCUT2D eigenvalue weighted by Crippen LogP contribution is 2.19. The van der Waals surface area contributed by atoms with Gasteiger partial charge in [-0.25, -0.2) is 0 Å². The average Bonchev–Trinajstić information content (AvgIpc) is 3.08. The summed E-state index contributed by atoms with van der Waals surface area (Å²) < 4.78 is 0. The minimum absolute atomic E-state index is 0.180. The topological polar surface area (TPSA) is 42.9 Å². The fourth-order valence-corrected chi connectivity index (χ4v) is 3.87. The van der Waals surface area contributed by atoms with Gasteiger partial charge >= 0.3 is 0 Å². The van der Waals surface area contributed by atoms with Gasteiger partial charge in [-0.2, -0.15) is 0 Å². The van der Waals surface area contributed by atoms with Crippen molar-refractivity contribution in [2.24, 2.45) is 10.9 Å². The van der Waals surface area contributed by atoms with Crippen LogP contribution in [0.4, 0.5) is 0 Å². The van der Waals surface area contributed by atoms with Crippen LogP contribution in [0.15, 0.2) is 4.99 Å². The number of likely N-dealkylation sites (tertiary alicyclic amines) is 2. The second kappa shape index (κ2) is 9.62. The maximum absolute atomic E-state index is 4.40. The van der Waals surface area contributed by atoms with E-state index in [9.17, 15) is 0 Å². The summed E-state index contributed by atoms with van der Waals surface area (Å²) in [6.07, 6.45) is 6.80. The molecule has 2 fully saturated rings. The number of aliphatic imine (C=N–C) groups is 1. The first-order valence-electron chi connectivity index (χ1n) is 9.93. The van der Waals surface area contributed by atoms with E-state index in [0.717, 1.165) is 19.0 Å². The molecule has 0 aromatic carbocycles. The second-order valence-electron chi connectivity index (χ2n) is 8.28. The van der Waals surface area contributed by atoms with E-state index in [1.165, 1.54) is 64.8 Å². The number of guanidine groups is 1. The van der Waals surface area contributed by atoms with E-state index in [0.29, 0.717) is 5.92 Å². The number of hydrogen-bond donors (Lipinski definition) is 2. The van der Waals surface area contributed by atoms with E-state index < -0.39 is 0 Å². The molecule has 0 aromatic rings. The van der Waals surface area contributed by atoms with Crippen molar-refractivity contribution in [3.05, 3.63) is 0 Å². The summed E-state index contributed by atoms with van der Waals surface area (Å²) >= 11 is 0. The SMILES string of the molecule is CN=C(NCC(C)CN1CCCC1)NCC(C)(C)N1CCCCC1. The summed E-state index contributed by atoms with van der Waals surface area (Å²) in [6.45, 7) is 15.2.